The standard InChI is InChI=1S/C23H28F3N3O3S/c24-23(25,26)16-5-6-22-20(11-16)29(19-3-1-2-4-21(19)33-22)14-17(31)12-27-7-9-28(10-8-27)13-18(32)15-30/h1-6,11,17-18,30-32H,7-10,12-15H2. The van der Waals surface area contributed by atoms with E-state index in [0.717, 1.165) is 27.6 Å². The third-order valence-corrected chi connectivity index (χ3v) is 7.09. The van der Waals surface area contributed by atoms with Gasteiger partial charge in [0.05, 0.1) is 42.3 Å². The summed E-state index contributed by atoms with van der Waals surface area (Å²) >= 11 is 1.43. The molecule has 2 aromatic carbocycles. The van der Waals surface area contributed by atoms with E-state index >= 15 is 0 Å². The van der Waals surface area contributed by atoms with Gasteiger partial charge in [0.25, 0.3) is 0 Å². The smallest absolute Gasteiger partial charge is 0.394 e. The normalized spacial score (nSPS) is 19.2. The average Bonchev–Trinajstić information content (AvgIpc) is 2.79. The Kier molecular flexibility index (Phi) is 7.52. The van der Waals surface area contributed by atoms with E-state index in [1.807, 2.05) is 24.3 Å². The van der Waals surface area contributed by atoms with Gasteiger partial charge in [-0.1, -0.05) is 23.9 Å². The molecular formula is C23H28F3N3O3S. The number of hydrogen-bond acceptors (Lipinski definition) is 7. The molecule has 0 bridgehead atoms. The number of rotatable bonds is 7. The van der Waals surface area contributed by atoms with Gasteiger partial charge in [-0.25, -0.2) is 0 Å². The number of aliphatic hydroxyl groups excluding tert-OH is 3. The van der Waals surface area contributed by atoms with Gasteiger partial charge in [-0.2, -0.15) is 13.2 Å². The lowest BCUT2D eigenvalue weighted by Crippen LogP contribution is -2.51. The summed E-state index contributed by atoms with van der Waals surface area (Å²) in [6.07, 6.45) is -5.97. The monoisotopic (exact) mass is 483 g/mol. The minimum absolute atomic E-state index is 0.176. The molecule has 0 radical (unpaired) electrons. The molecule has 3 N–H and O–H groups in total. The average molecular weight is 484 g/mol. The Labute approximate surface area is 195 Å². The predicted molar refractivity (Wildman–Crippen MR) is 121 cm³/mol. The molecule has 10 heteroatoms. The number of para-hydroxylation sites is 1. The number of hydrogen-bond donors (Lipinski definition) is 3. The van der Waals surface area contributed by atoms with Gasteiger partial charge < -0.3 is 20.2 Å². The Morgan fingerprint density at radius 3 is 2.06 bits per heavy atom. The molecule has 0 amide bonds. The summed E-state index contributed by atoms with van der Waals surface area (Å²) < 4.78 is 40.1. The maximum atomic E-state index is 13.4. The number of anilines is 2. The zero-order valence-electron chi connectivity index (χ0n) is 18.1. The highest BCUT2D eigenvalue weighted by molar-refractivity contribution is 7.99. The molecule has 0 aliphatic carbocycles. The third kappa shape index (κ3) is 5.82. The number of β-amino-alcohol motifs (C(OH)–C–C–N with tert-alkyl or cyclic N) is 2. The first-order valence-electron chi connectivity index (χ1n) is 10.9. The van der Waals surface area contributed by atoms with Crippen LogP contribution in [0.5, 0.6) is 0 Å². The van der Waals surface area contributed by atoms with Gasteiger partial charge in [0.15, 0.2) is 0 Å². The van der Waals surface area contributed by atoms with Crippen LogP contribution in [0.25, 0.3) is 0 Å². The summed E-state index contributed by atoms with van der Waals surface area (Å²) in [4.78, 5) is 7.63. The number of aliphatic hydroxyl groups is 3. The Balaban J connectivity index is 1.46. The van der Waals surface area contributed by atoms with Gasteiger partial charge in [0.2, 0.25) is 0 Å². The maximum absolute atomic E-state index is 13.4. The van der Waals surface area contributed by atoms with E-state index in [0.29, 0.717) is 45.0 Å². The molecule has 2 atom stereocenters. The minimum Gasteiger partial charge on any atom is -0.394 e. The van der Waals surface area contributed by atoms with Crippen molar-refractivity contribution < 1.29 is 28.5 Å². The fourth-order valence-electron chi connectivity index (χ4n) is 4.28. The van der Waals surface area contributed by atoms with Crippen molar-refractivity contribution >= 4 is 23.1 Å². The molecule has 2 aliphatic rings. The highest BCUT2D eigenvalue weighted by Crippen LogP contribution is 2.49. The molecule has 2 heterocycles. The van der Waals surface area contributed by atoms with Crippen molar-refractivity contribution in [3.05, 3.63) is 48.0 Å². The van der Waals surface area contributed by atoms with Crippen LogP contribution in [0.1, 0.15) is 5.56 Å². The second-order valence-corrected chi connectivity index (χ2v) is 9.54. The van der Waals surface area contributed by atoms with E-state index in [-0.39, 0.29) is 13.2 Å². The van der Waals surface area contributed by atoms with E-state index in [4.69, 9.17) is 5.11 Å². The first kappa shape index (κ1) is 24.3. The summed E-state index contributed by atoms with van der Waals surface area (Å²) in [7, 11) is 0. The SMILES string of the molecule is OCC(O)CN1CCN(CC(O)CN2c3ccccc3Sc3ccc(C(F)(F)F)cc32)CC1. The highest BCUT2D eigenvalue weighted by Gasteiger charge is 2.34. The van der Waals surface area contributed by atoms with Crippen molar-refractivity contribution in [2.24, 2.45) is 0 Å². The fourth-order valence-corrected chi connectivity index (χ4v) is 5.36. The lowest BCUT2D eigenvalue weighted by atomic mass is 10.1. The molecular weight excluding hydrogens is 455 g/mol. The van der Waals surface area contributed by atoms with Crippen LogP contribution in [0, 0.1) is 0 Å². The number of nitrogens with zero attached hydrogens (tertiary/aromatic N) is 3. The van der Waals surface area contributed by atoms with Gasteiger partial charge in [0, 0.05) is 49.1 Å². The Morgan fingerprint density at radius 1 is 0.818 bits per heavy atom. The van der Waals surface area contributed by atoms with Gasteiger partial charge in [0.1, 0.15) is 0 Å². The number of halogens is 3. The predicted octanol–water partition coefficient (Wildman–Crippen LogP) is 2.64. The van der Waals surface area contributed by atoms with E-state index in [9.17, 15) is 23.4 Å². The van der Waals surface area contributed by atoms with Crippen LogP contribution >= 0.6 is 11.8 Å². The van der Waals surface area contributed by atoms with Crippen LogP contribution in [-0.4, -0.2) is 89.7 Å². The first-order valence-corrected chi connectivity index (χ1v) is 11.7. The van der Waals surface area contributed by atoms with E-state index in [2.05, 4.69) is 9.80 Å². The van der Waals surface area contributed by atoms with Crippen LogP contribution in [0.4, 0.5) is 24.5 Å². The van der Waals surface area contributed by atoms with E-state index in [1.165, 1.54) is 17.8 Å². The van der Waals surface area contributed by atoms with Crippen molar-refractivity contribution in [1.29, 1.82) is 0 Å². The molecule has 180 valence electrons. The first-order chi connectivity index (χ1) is 15.7. The third-order valence-electron chi connectivity index (χ3n) is 5.96. The number of piperazine rings is 1. The zero-order valence-corrected chi connectivity index (χ0v) is 18.9. The van der Waals surface area contributed by atoms with Crippen molar-refractivity contribution in [3.63, 3.8) is 0 Å². The largest absolute Gasteiger partial charge is 0.416 e. The zero-order chi connectivity index (χ0) is 23.6. The van der Waals surface area contributed by atoms with Gasteiger partial charge >= 0.3 is 6.18 Å². The van der Waals surface area contributed by atoms with Gasteiger partial charge in [-0.15, -0.1) is 0 Å². The number of alkyl halides is 3. The van der Waals surface area contributed by atoms with Crippen LogP contribution in [0.2, 0.25) is 0 Å². The molecule has 0 aromatic heterocycles. The minimum atomic E-state index is -4.44. The fraction of sp³-hybridized carbons (Fsp3) is 0.478. The molecule has 33 heavy (non-hydrogen) atoms. The number of benzene rings is 2. The molecule has 2 aliphatic heterocycles. The molecule has 2 unspecified atom stereocenters. The summed E-state index contributed by atoms with van der Waals surface area (Å²) in [6, 6.07) is 11.3. The lowest BCUT2D eigenvalue weighted by molar-refractivity contribution is -0.137. The van der Waals surface area contributed by atoms with E-state index < -0.39 is 23.9 Å². The molecule has 0 spiro atoms. The van der Waals surface area contributed by atoms with Crippen molar-refractivity contribution in [2.75, 3.05) is 57.3 Å². The van der Waals surface area contributed by atoms with Crippen LogP contribution < -0.4 is 4.90 Å². The van der Waals surface area contributed by atoms with Crippen LogP contribution in [-0.2, 0) is 6.18 Å². The summed E-state index contributed by atoms with van der Waals surface area (Å²) in [5, 5.41) is 29.5. The Hall–Kier alpha value is -1.82. The summed E-state index contributed by atoms with van der Waals surface area (Å²) in [5.74, 6) is 0. The van der Waals surface area contributed by atoms with Gasteiger partial charge in [-0.05, 0) is 30.3 Å². The summed E-state index contributed by atoms with van der Waals surface area (Å²) in [6.45, 7) is 3.55. The topological polar surface area (TPSA) is 70.4 Å². The van der Waals surface area contributed by atoms with Crippen molar-refractivity contribution in [1.82, 2.24) is 9.80 Å². The Bertz CT molecular complexity index is 954. The second-order valence-electron chi connectivity index (χ2n) is 8.45. The lowest BCUT2D eigenvalue weighted by Gasteiger charge is -2.38. The van der Waals surface area contributed by atoms with Crippen LogP contribution in [0.15, 0.2) is 52.3 Å². The van der Waals surface area contributed by atoms with Crippen molar-refractivity contribution in [3.8, 4) is 0 Å². The quantitative estimate of drug-likeness (QED) is 0.559. The second kappa shape index (κ2) is 10.2. The van der Waals surface area contributed by atoms with E-state index in [1.54, 1.807) is 4.90 Å². The molecule has 1 saturated heterocycles. The van der Waals surface area contributed by atoms with Crippen molar-refractivity contribution in [2.45, 2.75) is 28.2 Å². The molecule has 4 rings (SSSR count). The maximum Gasteiger partial charge on any atom is 0.416 e. The molecule has 0 saturated carbocycles. The number of fused-ring (bicyclic) bond motifs is 2. The highest BCUT2D eigenvalue weighted by atomic mass is 32.2. The molecule has 2 aromatic rings. The Morgan fingerprint density at radius 2 is 1.42 bits per heavy atom. The van der Waals surface area contributed by atoms with Crippen LogP contribution in [0.3, 0.4) is 0 Å². The summed E-state index contributed by atoms with van der Waals surface area (Å²) in [5.41, 5.74) is 0.536. The van der Waals surface area contributed by atoms with Gasteiger partial charge in [-0.3, -0.25) is 9.80 Å². The molecule has 1 fully saturated rings. The molecule has 6 nitrogen and oxygen atoms in total.